The average Bonchev–Trinajstić information content (AvgIpc) is 3.32. The molecule has 8 nitrogen and oxygen atoms in total. The van der Waals surface area contributed by atoms with Crippen LogP contribution in [-0.4, -0.2) is 30.0 Å². The van der Waals surface area contributed by atoms with Gasteiger partial charge in [0, 0.05) is 32.8 Å². The van der Waals surface area contributed by atoms with E-state index in [9.17, 15) is 14.9 Å². The Labute approximate surface area is 217 Å². The third kappa shape index (κ3) is 3.77. The molecule has 4 atom stereocenters. The van der Waals surface area contributed by atoms with Crippen LogP contribution in [0.3, 0.4) is 0 Å². The second kappa shape index (κ2) is 9.28. The zero-order chi connectivity index (χ0) is 25.6. The molecule has 2 aliphatic heterocycles. The Balaban J connectivity index is 1.54. The van der Waals surface area contributed by atoms with E-state index >= 15 is 0 Å². The van der Waals surface area contributed by atoms with E-state index in [1.165, 1.54) is 7.11 Å². The molecule has 1 fully saturated rings. The Hall–Kier alpha value is -3.33. The highest BCUT2D eigenvalue weighted by Crippen LogP contribution is 2.51. The molecule has 2 heterocycles. The van der Waals surface area contributed by atoms with E-state index in [0.717, 1.165) is 5.56 Å². The van der Waals surface area contributed by atoms with E-state index in [-0.39, 0.29) is 16.6 Å². The van der Waals surface area contributed by atoms with Crippen molar-refractivity contribution in [3.8, 4) is 11.5 Å². The number of rotatable bonds is 6. The number of halogens is 2. The fraction of sp³-hybridized carbons (Fsp3) is 0.269. The first-order valence-electron chi connectivity index (χ1n) is 11.3. The minimum atomic E-state index is -1.51. The lowest BCUT2D eigenvalue weighted by molar-refractivity contribution is -0.532. The van der Waals surface area contributed by atoms with Gasteiger partial charge in [0.25, 0.3) is 11.9 Å². The lowest BCUT2D eigenvalue weighted by Crippen LogP contribution is -2.54. The maximum absolute atomic E-state index is 13.2. The van der Waals surface area contributed by atoms with Crippen LogP contribution in [0.4, 0.5) is 5.69 Å². The number of nitrogens with zero attached hydrogens (tertiary/aromatic N) is 1. The molecule has 1 spiro atoms. The molecule has 186 valence electrons. The molecule has 36 heavy (non-hydrogen) atoms. The van der Waals surface area contributed by atoms with Crippen LogP contribution in [0.1, 0.15) is 29.5 Å². The van der Waals surface area contributed by atoms with Gasteiger partial charge >= 0.3 is 0 Å². The molecule has 5 rings (SSSR count). The second-order valence-electron chi connectivity index (χ2n) is 8.91. The molecule has 0 unspecified atom stereocenters. The summed E-state index contributed by atoms with van der Waals surface area (Å²) >= 11 is 12.9. The van der Waals surface area contributed by atoms with Crippen molar-refractivity contribution in [2.45, 2.75) is 37.1 Å². The summed E-state index contributed by atoms with van der Waals surface area (Å²) in [4.78, 5) is 25.4. The van der Waals surface area contributed by atoms with Gasteiger partial charge in [0.15, 0.2) is 17.0 Å². The van der Waals surface area contributed by atoms with Crippen molar-refractivity contribution < 1.29 is 19.2 Å². The molecule has 0 bridgehead atoms. The number of amides is 1. The van der Waals surface area contributed by atoms with E-state index in [2.05, 4.69) is 10.6 Å². The summed E-state index contributed by atoms with van der Waals surface area (Å²) in [6.07, 6.45) is 0. The van der Waals surface area contributed by atoms with Crippen molar-refractivity contribution >= 4 is 34.8 Å². The Kier molecular flexibility index (Phi) is 6.28. The Morgan fingerprint density at radius 1 is 1.08 bits per heavy atom. The van der Waals surface area contributed by atoms with Gasteiger partial charge in [-0.3, -0.25) is 20.2 Å². The molecule has 0 aromatic heterocycles. The number of nitro groups is 1. The van der Waals surface area contributed by atoms with Crippen molar-refractivity contribution in [3.05, 3.63) is 97.5 Å². The molecule has 0 radical (unpaired) electrons. The van der Waals surface area contributed by atoms with Gasteiger partial charge in [-0.1, -0.05) is 59.6 Å². The SMILES string of the molecule is COc1cc([C@@H]2[C@H](C)N[C@]3(C(=O)Nc4ccccc43)[C@H]2[N+](=O)[O-])cc(Cl)c1OCc1ccccc1Cl. The van der Waals surface area contributed by atoms with Crippen LogP contribution in [0.25, 0.3) is 0 Å². The first kappa shape index (κ1) is 24.4. The third-order valence-corrected chi connectivity index (χ3v) is 7.58. The summed E-state index contributed by atoms with van der Waals surface area (Å²) in [5.41, 5.74) is 0.953. The van der Waals surface area contributed by atoms with Gasteiger partial charge in [0.2, 0.25) is 0 Å². The number of carbonyl (C=O) groups excluding carboxylic acids is 1. The number of methoxy groups -OCH3 is 1. The van der Waals surface area contributed by atoms with Crippen molar-refractivity contribution in [1.29, 1.82) is 0 Å². The predicted molar refractivity (Wildman–Crippen MR) is 137 cm³/mol. The van der Waals surface area contributed by atoms with Gasteiger partial charge in [-0.2, -0.15) is 0 Å². The van der Waals surface area contributed by atoms with Crippen molar-refractivity contribution in [1.82, 2.24) is 5.32 Å². The van der Waals surface area contributed by atoms with Gasteiger partial charge in [-0.25, -0.2) is 0 Å². The van der Waals surface area contributed by atoms with Crippen LogP contribution in [0, 0.1) is 10.1 Å². The van der Waals surface area contributed by atoms with Gasteiger partial charge in [0.1, 0.15) is 6.61 Å². The topological polar surface area (TPSA) is 103 Å². The summed E-state index contributed by atoms with van der Waals surface area (Å²) in [7, 11) is 1.47. The normalized spacial score (nSPS) is 24.4. The van der Waals surface area contributed by atoms with Gasteiger partial charge in [-0.15, -0.1) is 0 Å². The largest absolute Gasteiger partial charge is 0.493 e. The van der Waals surface area contributed by atoms with Crippen LogP contribution in [0.15, 0.2) is 60.7 Å². The first-order valence-corrected chi connectivity index (χ1v) is 12.1. The number of ether oxygens (including phenoxy) is 2. The quantitative estimate of drug-likeness (QED) is 0.339. The fourth-order valence-corrected chi connectivity index (χ4v) is 5.86. The maximum Gasteiger partial charge on any atom is 0.256 e. The number of benzene rings is 3. The number of carbonyl (C=O) groups is 1. The number of anilines is 1. The average molecular weight is 528 g/mol. The molecule has 2 N–H and O–H groups in total. The molecule has 3 aromatic rings. The molecular weight excluding hydrogens is 505 g/mol. The summed E-state index contributed by atoms with van der Waals surface area (Å²) in [5.74, 6) is -0.493. The van der Waals surface area contributed by atoms with E-state index < -0.39 is 29.4 Å². The molecule has 3 aromatic carbocycles. The number of fused-ring (bicyclic) bond motifs is 2. The lowest BCUT2D eigenvalue weighted by atomic mass is 9.78. The summed E-state index contributed by atoms with van der Waals surface area (Å²) in [5, 5.41) is 19.4. The molecule has 2 aliphatic rings. The number of hydrogen-bond acceptors (Lipinski definition) is 6. The molecular formula is C26H23Cl2N3O5. The second-order valence-corrected chi connectivity index (χ2v) is 9.73. The minimum Gasteiger partial charge on any atom is -0.493 e. The highest BCUT2D eigenvalue weighted by atomic mass is 35.5. The lowest BCUT2D eigenvalue weighted by Gasteiger charge is -2.25. The maximum atomic E-state index is 13.2. The first-order chi connectivity index (χ1) is 17.3. The number of para-hydroxylation sites is 1. The molecule has 0 saturated carbocycles. The predicted octanol–water partition coefficient (Wildman–Crippen LogP) is 5.15. The molecule has 10 heteroatoms. The Morgan fingerprint density at radius 3 is 2.53 bits per heavy atom. The van der Waals surface area contributed by atoms with E-state index in [1.807, 2.05) is 25.1 Å². The zero-order valence-corrected chi connectivity index (χ0v) is 21.0. The molecule has 1 amide bonds. The minimum absolute atomic E-state index is 0.161. The summed E-state index contributed by atoms with van der Waals surface area (Å²) in [6, 6.07) is 15.9. The monoisotopic (exact) mass is 527 g/mol. The van der Waals surface area contributed by atoms with Gasteiger partial charge in [0.05, 0.1) is 18.1 Å². The fourth-order valence-electron chi connectivity index (χ4n) is 5.39. The van der Waals surface area contributed by atoms with Crippen LogP contribution >= 0.6 is 23.2 Å². The smallest absolute Gasteiger partial charge is 0.256 e. The van der Waals surface area contributed by atoms with E-state index in [4.69, 9.17) is 32.7 Å². The van der Waals surface area contributed by atoms with Gasteiger partial charge in [-0.05, 0) is 36.8 Å². The van der Waals surface area contributed by atoms with Crippen LogP contribution in [0.5, 0.6) is 11.5 Å². The van der Waals surface area contributed by atoms with Crippen molar-refractivity contribution in [2.24, 2.45) is 0 Å². The standard InChI is InChI=1S/C26H23Cl2N3O5/c1-14-22(24(31(33)34)26(30-14)17-8-4-6-10-20(17)29-25(26)32)16-11-19(28)23(21(12-16)35-2)36-13-15-7-3-5-9-18(15)27/h3-12,14,22,24,30H,13H2,1-2H3,(H,29,32)/t14-,22-,24-,26-/m0/s1. The van der Waals surface area contributed by atoms with Crippen LogP contribution < -0.4 is 20.1 Å². The third-order valence-electron chi connectivity index (χ3n) is 6.93. The highest BCUT2D eigenvalue weighted by Gasteiger charge is 2.67. The Morgan fingerprint density at radius 2 is 1.81 bits per heavy atom. The molecule has 0 aliphatic carbocycles. The highest BCUT2D eigenvalue weighted by molar-refractivity contribution is 6.32. The van der Waals surface area contributed by atoms with Crippen LogP contribution in [0.2, 0.25) is 10.0 Å². The van der Waals surface area contributed by atoms with E-state index in [1.54, 1.807) is 42.5 Å². The Bertz CT molecular complexity index is 1370. The van der Waals surface area contributed by atoms with Crippen molar-refractivity contribution in [2.75, 3.05) is 12.4 Å². The van der Waals surface area contributed by atoms with Gasteiger partial charge < -0.3 is 14.8 Å². The number of hydrogen-bond donors (Lipinski definition) is 2. The number of nitrogens with one attached hydrogen (secondary N) is 2. The summed E-state index contributed by atoms with van der Waals surface area (Å²) in [6.45, 7) is 1.99. The molecule has 1 saturated heterocycles. The summed E-state index contributed by atoms with van der Waals surface area (Å²) < 4.78 is 11.5. The van der Waals surface area contributed by atoms with Crippen molar-refractivity contribution in [3.63, 3.8) is 0 Å². The van der Waals surface area contributed by atoms with Crippen LogP contribution in [-0.2, 0) is 16.9 Å². The zero-order valence-electron chi connectivity index (χ0n) is 19.5. The van der Waals surface area contributed by atoms with E-state index in [0.29, 0.717) is 33.3 Å².